The molecule has 0 radical (unpaired) electrons. The second-order valence-electron chi connectivity index (χ2n) is 6.16. The van der Waals surface area contributed by atoms with E-state index < -0.39 is 5.97 Å². The van der Waals surface area contributed by atoms with Gasteiger partial charge < -0.3 is 9.84 Å². The zero-order valence-corrected chi connectivity index (χ0v) is 13.7. The van der Waals surface area contributed by atoms with Crippen molar-refractivity contribution >= 4 is 5.97 Å². The van der Waals surface area contributed by atoms with E-state index in [0.29, 0.717) is 12.5 Å². The Morgan fingerprint density at radius 1 is 1.00 bits per heavy atom. The van der Waals surface area contributed by atoms with Crippen LogP contribution in [0.25, 0.3) is 0 Å². The van der Waals surface area contributed by atoms with Gasteiger partial charge in [0, 0.05) is 5.92 Å². The Morgan fingerprint density at radius 3 is 2.17 bits per heavy atom. The molecule has 0 amide bonds. The minimum Gasteiger partial charge on any atom is -0.494 e. The van der Waals surface area contributed by atoms with Crippen molar-refractivity contribution in [3.05, 3.63) is 65.7 Å². The van der Waals surface area contributed by atoms with Crippen LogP contribution in [0.4, 0.5) is 0 Å². The van der Waals surface area contributed by atoms with Crippen molar-refractivity contribution in [2.75, 3.05) is 6.61 Å². The van der Waals surface area contributed by atoms with Crippen LogP contribution in [-0.2, 0) is 4.79 Å². The van der Waals surface area contributed by atoms with Crippen LogP contribution in [0.5, 0.6) is 5.75 Å². The number of hydrogen-bond donors (Lipinski definition) is 1. The molecule has 1 N–H and O–H groups in total. The molecule has 23 heavy (non-hydrogen) atoms. The molecule has 2 rings (SSSR count). The molecule has 0 saturated carbocycles. The Labute approximate surface area is 137 Å². The first kappa shape index (κ1) is 17.1. The molecule has 0 aliphatic carbocycles. The highest BCUT2D eigenvalue weighted by atomic mass is 16.5. The summed E-state index contributed by atoms with van der Waals surface area (Å²) in [7, 11) is 0. The lowest BCUT2D eigenvalue weighted by molar-refractivity contribution is -0.137. The van der Waals surface area contributed by atoms with Crippen LogP contribution in [0.2, 0.25) is 0 Å². The number of carboxylic acid groups (broad SMARTS) is 1. The molecule has 0 saturated heterocycles. The molecule has 2 aromatic rings. The van der Waals surface area contributed by atoms with Gasteiger partial charge in [0.2, 0.25) is 0 Å². The third-order valence-corrected chi connectivity index (χ3v) is 3.83. The zero-order chi connectivity index (χ0) is 16.7. The quantitative estimate of drug-likeness (QED) is 0.767. The van der Waals surface area contributed by atoms with E-state index in [1.807, 2.05) is 54.6 Å². The van der Waals surface area contributed by atoms with Gasteiger partial charge in [0.05, 0.1) is 13.0 Å². The summed E-state index contributed by atoms with van der Waals surface area (Å²) in [5, 5.41) is 9.20. The van der Waals surface area contributed by atoms with Gasteiger partial charge in [-0.3, -0.25) is 4.79 Å². The Bertz CT molecular complexity index is 603. The summed E-state index contributed by atoms with van der Waals surface area (Å²) in [6.45, 7) is 5.04. The van der Waals surface area contributed by atoms with Gasteiger partial charge in [-0.25, -0.2) is 0 Å². The fourth-order valence-electron chi connectivity index (χ4n) is 2.50. The number of ether oxygens (including phenoxy) is 1. The van der Waals surface area contributed by atoms with Crippen molar-refractivity contribution < 1.29 is 14.6 Å². The molecule has 1 atom stereocenters. The van der Waals surface area contributed by atoms with Gasteiger partial charge in [-0.1, -0.05) is 56.3 Å². The average molecular weight is 312 g/mol. The van der Waals surface area contributed by atoms with E-state index >= 15 is 0 Å². The van der Waals surface area contributed by atoms with Gasteiger partial charge in [0.25, 0.3) is 0 Å². The minimum atomic E-state index is -0.795. The summed E-state index contributed by atoms with van der Waals surface area (Å²) in [5.41, 5.74) is 2.01. The first-order valence-electron chi connectivity index (χ1n) is 8.05. The van der Waals surface area contributed by atoms with Crippen LogP contribution in [0.1, 0.15) is 43.7 Å². The molecule has 3 heteroatoms. The van der Waals surface area contributed by atoms with Gasteiger partial charge in [-0.05, 0) is 35.6 Å². The molecule has 0 heterocycles. The van der Waals surface area contributed by atoms with E-state index in [1.165, 1.54) is 0 Å². The minimum absolute atomic E-state index is 0.0809. The van der Waals surface area contributed by atoms with Crippen LogP contribution in [0.15, 0.2) is 54.6 Å². The summed E-state index contributed by atoms with van der Waals surface area (Å²) in [5.74, 6) is 0.512. The molecule has 0 bridgehead atoms. The molecule has 1 unspecified atom stereocenters. The van der Waals surface area contributed by atoms with Gasteiger partial charge in [0.15, 0.2) is 0 Å². The van der Waals surface area contributed by atoms with Crippen LogP contribution >= 0.6 is 0 Å². The molecule has 122 valence electrons. The van der Waals surface area contributed by atoms with E-state index in [9.17, 15) is 9.90 Å². The Hall–Kier alpha value is -2.29. The smallest absolute Gasteiger partial charge is 0.304 e. The predicted octanol–water partition coefficient (Wildman–Crippen LogP) is 4.72. The molecular weight excluding hydrogens is 288 g/mol. The first-order valence-corrected chi connectivity index (χ1v) is 8.05. The highest BCUT2D eigenvalue weighted by molar-refractivity contribution is 5.69. The lowest BCUT2D eigenvalue weighted by Gasteiger charge is -2.16. The van der Waals surface area contributed by atoms with Crippen molar-refractivity contribution in [3.63, 3.8) is 0 Å². The molecule has 0 aromatic heterocycles. The molecular formula is C20H24O3. The maximum atomic E-state index is 11.2. The lowest BCUT2D eigenvalue weighted by Crippen LogP contribution is -2.08. The van der Waals surface area contributed by atoms with Crippen molar-refractivity contribution in [1.82, 2.24) is 0 Å². The van der Waals surface area contributed by atoms with Crippen LogP contribution in [0.3, 0.4) is 0 Å². The van der Waals surface area contributed by atoms with E-state index in [1.54, 1.807) is 0 Å². The monoisotopic (exact) mass is 312 g/mol. The second kappa shape index (κ2) is 8.37. The van der Waals surface area contributed by atoms with E-state index in [-0.39, 0.29) is 12.3 Å². The van der Waals surface area contributed by atoms with Gasteiger partial charge in [-0.15, -0.1) is 0 Å². The summed E-state index contributed by atoms with van der Waals surface area (Å²) in [4.78, 5) is 11.2. The molecule has 0 aliphatic heterocycles. The molecule has 0 fully saturated rings. The Kier molecular flexibility index (Phi) is 6.21. The third kappa shape index (κ3) is 5.44. The predicted molar refractivity (Wildman–Crippen MR) is 91.9 cm³/mol. The van der Waals surface area contributed by atoms with Crippen LogP contribution in [-0.4, -0.2) is 17.7 Å². The average Bonchev–Trinajstić information content (AvgIpc) is 2.54. The molecule has 0 aliphatic rings. The van der Waals surface area contributed by atoms with Crippen molar-refractivity contribution in [2.24, 2.45) is 5.92 Å². The highest BCUT2D eigenvalue weighted by Crippen LogP contribution is 2.29. The second-order valence-corrected chi connectivity index (χ2v) is 6.16. The maximum absolute atomic E-state index is 11.2. The largest absolute Gasteiger partial charge is 0.494 e. The topological polar surface area (TPSA) is 46.5 Å². The van der Waals surface area contributed by atoms with Crippen molar-refractivity contribution in [2.45, 2.75) is 32.6 Å². The number of carbonyl (C=O) groups is 1. The first-order chi connectivity index (χ1) is 11.1. The Balaban J connectivity index is 2.11. The third-order valence-electron chi connectivity index (χ3n) is 3.83. The number of benzene rings is 2. The van der Waals surface area contributed by atoms with Crippen molar-refractivity contribution in [3.8, 4) is 5.75 Å². The molecule has 2 aromatic carbocycles. The fourth-order valence-corrected chi connectivity index (χ4v) is 2.50. The van der Waals surface area contributed by atoms with Gasteiger partial charge in [0.1, 0.15) is 5.75 Å². The van der Waals surface area contributed by atoms with E-state index in [4.69, 9.17) is 4.74 Å². The summed E-state index contributed by atoms with van der Waals surface area (Å²) < 4.78 is 5.72. The standard InChI is InChI=1S/C20H24O3/c1-15(2)12-13-23-18-10-8-17(9-11-18)19(14-20(21)22)16-6-4-3-5-7-16/h3-11,15,19H,12-14H2,1-2H3,(H,21,22). The summed E-state index contributed by atoms with van der Waals surface area (Å²) >= 11 is 0. The van der Waals surface area contributed by atoms with Gasteiger partial charge >= 0.3 is 5.97 Å². The number of hydrogen-bond acceptors (Lipinski definition) is 2. The zero-order valence-electron chi connectivity index (χ0n) is 13.7. The molecule has 3 nitrogen and oxygen atoms in total. The Morgan fingerprint density at radius 2 is 1.61 bits per heavy atom. The SMILES string of the molecule is CC(C)CCOc1ccc(C(CC(=O)O)c2ccccc2)cc1. The molecule has 0 spiro atoms. The fraction of sp³-hybridized carbons (Fsp3) is 0.350. The summed E-state index contributed by atoms with van der Waals surface area (Å²) in [6.07, 6.45) is 1.10. The van der Waals surface area contributed by atoms with Crippen molar-refractivity contribution in [1.29, 1.82) is 0 Å². The number of carboxylic acids is 1. The number of rotatable bonds is 8. The maximum Gasteiger partial charge on any atom is 0.304 e. The van der Waals surface area contributed by atoms with Gasteiger partial charge in [-0.2, -0.15) is 0 Å². The van der Waals surface area contributed by atoms with Crippen LogP contribution < -0.4 is 4.74 Å². The van der Waals surface area contributed by atoms with Crippen LogP contribution in [0, 0.1) is 5.92 Å². The lowest BCUT2D eigenvalue weighted by atomic mass is 9.88. The highest BCUT2D eigenvalue weighted by Gasteiger charge is 2.17. The normalized spacial score (nSPS) is 12.1. The van der Waals surface area contributed by atoms with E-state index in [2.05, 4.69) is 13.8 Å². The summed E-state index contributed by atoms with van der Waals surface area (Å²) in [6, 6.07) is 17.5. The van der Waals surface area contributed by atoms with E-state index in [0.717, 1.165) is 23.3 Å². The number of aliphatic carboxylic acids is 1.